The Morgan fingerprint density at radius 1 is 1.05 bits per heavy atom. The molecule has 0 aromatic heterocycles. The van der Waals surface area contributed by atoms with E-state index in [1.54, 1.807) is 0 Å². The first-order valence-corrected chi connectivity index (χ1v) is 7.40. The van der Waals surface area contributed by atoms with Crippen molar-refractivity contribution in [3.8, 4) is 0 Å². The van der Waals surface area contributed by atoms with Gasteiger partial charge in [-0.1, -0.05) is 32.6 Å². The highest BCUT2D eigenvalue weighted by Gasteiger charge is 2.16. The molecular weight excluding hydrogens is 242 g/mol. The number of primary amides is 1. The smallest absolute Gasteiger partial charge is 0.239 e. The normalized spacial score (nSPS) is 12.1. The number of amides is 2. The topological polar surface area (TPSA) is 98.2 Å². The fourth-order valence-electron chi connectivity index (χ4n) is 1.93. The molecule has 19 heavy (non-hydrogen) atoms. The molecule has 0 aromatic carbocycles. The van der Waals surface area contributed by atoms with Crippen molar-refractivity contribution < 1.29 is 9.59 Å². The first kappa shape index (κ1) is 17.9. The largest absolute Gasteiger partial charge is 0.368 e. The maximum absolute atomic E-state index is 11.7. The van der Waals surface area contributed by atoms with Crippen LogP contribution < -0.4 is 16.8 Å². The van der Waals surface area contributed by atoms with E-state index in [4.69, 9.17) is 11.5 Å². The average molecular weight is 271 g/mol. The van der Waals surface area contributed by atoms with Crippen LogP contribution in [0.5, 0.6) is 0 Å². The Morgan fingerprint density at radius 2 is 1.74 bits per heavy atom. The standard InChI is InChI=1S/C14H29N3O2/c1-2-3-4-5-6-10-13(18)17-12(14(16)19)9-7-8-11-15/h12H,2-11,15H2,1H3,(H2,16,19)(H,17,18)/t12-/m0/s1. The van der Waals surface area contributed by atoms with E-state index >= 15 is 0 Å². The maximum atomic E-state index is 11.7. The van der Waals surface area contributed by atoms with Crippen molar-refractivity contribution in [3.63, 3.8) is 0 Å². The summed E-state index contributed by atoms with van der Waals surface area (Å²) in [6, 6.07) is -0.547. The van der Waals surface area contributed by atoms with Gasteiger partial charge in [0.05, 0.1) is 0 Å². The summed E-state index contributed by atoms with van der Waals surface area (Å²) < 4.78 is 0. The summed E-state index contributed by atoms with van der Waals surface area (Å²) in [4.78, 5) is 22.9. The summed E-state index contributed by atoms with van der Waals surface area (Å²) in [5.41, 5.74) is 10.7. The SMILES string of the molecule is CCCCCCCC(=O)N[C@@H](CCCCN)C(N)=O. The molecule has 5 nitrogen and oxygen atoms in total. The van der Waals surface area contributed by atoms with Gasteiger partial charge in [0.15, 0.2) is 0 Å². The molecule has 5 N–H and O–H groups in total. The zero-order valence-corrected chi connectivity index (χ0v) is 12.1. The number of hydrogen-bond acceptors (Lipinski definition) is 3. The van der Waals surface area contributed by atoms with Gasteiger partial charge in [0.25, 0.3) is 0 Å². The molecule has 0 fully saturated rings. The van der Waals surface area contributed by atoms with E-state index in [2.05, 4.69) is 12.2 Å². The van der Waals surface area contributed by atoms with Gasteiger partial charge >= 0.3 is 0 Å². The quantitative estimate of drug-likeness (QED) is 0.468. The van der Waals surface area contributed by atoms with E-state index in [9.17, 15) is 9.59 Å². The van der Waals surface area contributed by atoms with Crippen molar-refractivity contribution in [2.45, 2.75) is 70.8 Å². The van der Waals surface area contributed by atoms with Gasteiger partial charge < -0.3 is 16.8 Å². The van der Waals surface area contributed by atoms with Gasteiger partial charge in [-0.25, -0.2) is 0 Å². The zero-order chi connectivity index (χ0) is 14.5. The number of unbranched alkanes of at least 4 members (excludes halogenated alkanes) is 5. The third kappa shape index (κ3) is 10.5. The number of carbonyl (C=O) groups is 2. The molecule has 0 aliphatic rings. The van der Waals surface area contributed by atoms with E-state index in [1.807, 2.05) is 0 Å². The van der Waals surface area contributed by atoms with Crippen LogP contribution in [0.25, 0.3) is 0 Å². The van der Waals surface area contributed by atoms with Crippen molar-refractivity contribution >= 4 is 11.8 Å². The number of nitrogens with two attached hydrogens (primary N) is 2. The van der Waals surface area contributed by atoms with Crippen molar-refractivity contribution in [3.05, 3.63) is 0 Å². The summed E-state index contributed by atoms with van der Waals surface area (Å²) in [5.74, 6) is -0.538. The van der Waals surface area contributed by atoms with Crippen LogP contribution in [0.2, 0.25) is 0 Å². The lowest BCUT2D eigenvalue weighted by molar-refractivity contribution is -0.127. The first-order chi connectivity index (χ1) is 9.11. The van der Waals surface area contributed by atoms with Gasteiger partial charge in [-0.2, -0.15) is 0 Å². The van der Waals surface area contributed by atoms with Gasteiger partial charge in [-0.3, -0.25) is 9.59 Å². The summed E-state index contributed by atoms with van der Waals surface area (Å²) in [5, 5.41) is 2.71. The Labute approximate surface area is 116 Å². The minimum Gasteiger partial charge on any atom is -0.368 e. The minimum atomic E-state index is -0.547. The lowest BCUT2D eigenvalue weighted by Gasteiger charge is -2.15. The molecule has 0 spiro atoms. The molecule has 0 rings (SSSR count). The van der Waals surface area contributed by atoms with E-state index in [-0.39, 0.29) is 5.91 Å². The molecule has 2 amide bonds. The van der Waals surface area contributed by atoms with Gasteiger partial charge in [0.2, 0.25) is 11.8 Å². The van der Waals surface area contributed by atoms with Crippen LogP contribution in [0.4, 0.5) is 0 Å². The Kier molecular flexibility index (Phi) is 11.3. The molecule has 0 heterocycles. The third-order valence-corrected chi connectivity index (χ3v) is 3.13. The Bertz CT molecular complexity index is 257. The van der Waals surface area contributed by atoms with E-state index < -0.39 is 11.9 Å². The summed E-state index contributed by atoms with van der Waals surface area (Å²) in [6.07, 6.45) is 8.22. The zero-order valence-electron chi connectivity index (χ0n) is 12.1. The van der Waals surface area contributed by atoms with E-state index in [0.29, 0.717) is 19.4 Å². The minimum absolute atomic E-state index is 0.0759. The number of nitrogens with one attached hydrogen (secondary N) is 1. The second-order valence-corrected chi connectivity index (χ2v) is 4.97. The Morgan fingerprint density at radius 3 is 2.32 bits per heavy atom. The maximum Gasteiger partial charge on any atom is 0.239 e. The fourth-order valence-corrected chi connectivity index (χ4v) is 1.93. The molecule has 5 heteroatoms. The molecule has 0 unspecified atom stereocenters. The van der Waals surface area contributed by atoms with Crippen LogP contribution in [-0.4, -0.2) is 24.4 Å². The van der Waals surface area contributed by atoms with Crippen LogP contribution >= 0.6 is 0 Å². The van der Waals surface area contributed by atoms with Gasteiger partial charge in [-0.05, 0) is 32.2 Å². The second kappa shape index (κ2) is 12.0. The second-order valence-electron chi connectivity index (χ2n) is 4.97. The van der Waals surface area contributed by atoms with Gasteiger partial charge in [-0.15, -0.1) is 0 Å². The molecule has 112 valence electrons. The van der Waals surface area contributed by atoms with Crippen LogP contribution in [0.15, 0.2) is 0 Å². The number of rotatable bonds is 12. The lowest BCUT2D eigenvalue weighted by atomic mass is 10.1. The molecule has 0 saturated heterocycles. The van der Waals surface area contributed by atoms with Crippen LogP contribution in [-0.2, 0) is 9.59 Å². The van der Waals surface area contributed by atoms with Gasteiger partial charge in [0.1, 0.15) is 6.04 Å². The lowest BCUT2D eigenvalue weighted by Crippen LogP contribution is -2.44. The molecule has 0 bridgehead atoms. The molecule has 1 atom stereocenters. The predicted octanol–water partition coefficient (Wildman–Crippen LogP) is 1.45. The molecule has 0 aliphatic carbocycles. The molecule has 0 saturated carbocycles. The predicted molar refractivity (Wildman–Crippen MR) is 77.4 cm³/mol. The highest BCUT2D eigenvalue weighted by Crippen LogP contribution is 2.06. The average Bonchev–Trinajstić information content (AvgIpc) is 2.37. The molecule has 0 radical (unpaired) electrons. The van der Waals surface area contributed by atoms with E-state index in [0.717, 1.165) is 25.7 Å². The van der Waals surface area contributed by atoms with Crippen LogP contribution in [0, 0.1) is 0 Å². The monoisotopic (exact) mass is 271 g/mol. The Balaban J connectivity index is 3.80. The first-order valence-electron chi connectivity index (χ1n) is 7.40. The van der Waals surface area contributed by atoms with Gasteiger partial charge in [0, 0.05) is 6.42 Å². The van der Waals surface area contributed by atoms with Crippen molar-refractivity contribution in [2.24, 2.45) is 11.5 Å². The number of carbonyl (C=O) groups excluding carboxylic acids is 2. The summed E-state index contributed by atoms with van der Waals surface area (Å²) in [6.45, 7) is 2.75. The summed E-state index contributed by atoms with van der Waals surface area (Å²) >= 11 is 0. The van der Waals surface area contributed by atoms with Crippen molar-refractivity contribution in [1.82, 2.24) is 5.32 Å². The van der Waals surface area contributed by atoms with Crippen LogP contribution in [0.3, 0.4) is 0 Å². The van der Waals surface area contributed by atoms with Crippen LogP contribution in [0.1, 0.15) is 64.7 Å². The van der Waals surface area contributed by atoms with Crippen molar-refractivity contribution in [1.29, 1.82) is 0 Å². The van der Waals surface area contributed by atoms with E-state index in [1.165, 1.54) is 19.3 Å². The molecule has 0 aromatic rings. The third-order valence-electron chi connectivity index (χ3n) is 3.13. The highest BCUT2D eigenvalue weighted by atomic mass is 16.2. The highest BCUT2D eigenvalue weighted by molar-refractivity contribution is 5.86. The molecule has 0 aliphatic heterocycles. The fraction of sp³-hybridized carbons (Fsp3) is 0.857. The molecular formula is C14H29N3O2. The summed E-state index contributed by atoms with van der Waals surface area (Å²) in [7, 11) is 0. The Hall–Kier alpha value is -1.10. The van der Waals surface area contributed by atoms with Crippen molar-refractivity contribution in [2.75, 3.05) is 6.54 Å². The number of hydrogen-bond donors (Lipinski definition) is 3.